The molecule has 2 aromatic carbocycles. The normalized spacial score (nSPS) is 10.9. The molecule has 0 fully saturated rings. The molecule has 0 aliphatic carbocycles. The molecule has 23 heavy (non-hydrogen) atoms. The molecule has 2 aromatic rings. The first-order valence-corrected chi connectivity index (χ1v) is 6.71. The minimum absolute atomic E-state index is 0.354. The number of alkyl halides is 3. The van der Waals surface area contributed by atoms with Crippen molar-refractivity contribution in [3.8, 4) is 17.2 Å². The van der Waals surface area contributed by atoms with Gasteiger partial charge in [0, 0.05) is 0 Å². The van der Waals surface area contributed by atoms with Crippen LogP contribution in [0.25, 0.3) is 0 Å². The number of amides is 1. The van der Waals surface area contributed by atoms with E-state index in [-0.39, 0.29) is 0 Å². The van der Waals surface area contributed by atoms with E-state index >= 15 is 0 Å². The van der Waals surface area contributed by atoms with Crippen LogP contribution in [-0.4, -0.2) is 25.2 Å². The predicted octanol–water partition coefficient (Wildman–Crippen LogP) is 3.54. The molecule has 0 atom stereocenters. The van der Waals surface area contributed by atoms with Crippen LogP contribution in [0.5, 0.6) is 17.2 Å². The molecule has 0 aliphatic rings. The minimum atomic E-state index is -4.44. The van der Waals surface area contributed by atoms with Crippen LogP contribution in [0.2, 0.25) is 0 Å². The van der Waals surface area contributed by atoms with Gasteiger partial charge in [-0.1, -0.05) is 18.2 Å². The van der Waals surface area contributed by atoms with Crippen molar-refractivity contribution < 1.29 is 27.4 Å². The lowest BCUT2D eigenvalue weighted by Crippen LogP contribution is -2.36. The van der Waals surface area contributed by atoms with E-state index in [1.54, 1.807) is 41.7 Å². The van der Waals surface area contributed by atoms with Gasteiger partial charge in [0.2, 0.25) is 0 Å². The fourth-order valence-corrected chi connectivity index (χ4v) is 1.63. The highest BCUT2D eigenvalue weighted by atomic mass is 19.4. The van der Waals surface area contributed by atoms with Crippen LogP contribution < -0.4 is 14.8 Å². The largest absolute Gasteiger partial charge is 0.484 e. The highest BCUT2D eigenvalue weighted by molar-refractivity contribution is 5.77. The molecule has 0 saturated carbocycles. The molecular formula is C16H14F3NO3. The Kier molecular flexibility index (Phi) is 5.46. The average molecular weight is 325 g/mol. The van der Waals surface area contributed by atoms with E-state index in [0.717, 1.165) is 0 Å². The second kappa shape index (κ2) is 7.53. The maximum absolute atomic E-state index is 11.9. The van der Waals surface area contributed by atoms with Crippen molar-refractivity contribution in [2.45, 2.75) is 6.18 Å². The van der Waals surface area contributed by atoms with Crippen LogP contribution in [-0.2, 0) is 4.79 Å². The van der Waals surface area contributed by atoms with Gasteiger partial charge in [0.1, 0.15) is 23.8 Å². The number of benzene rings is 2. The SMILES string of the molecule is O=C(COc1ccc(Oc2ccccc2)cc1)NCC(F)(F)F. The van der Waals surface area contributed by atoms with E-state index in [0.29, 0.717) is 17.2 Å². The second-order valence-corrected chi connectivity index (χ2v) is 4.57. The van der Waals surface area contributed by atoms with Crippen molar-refractivity contribution in [1.82, 2.24) is 5.32 Å². The molecule has 0 heterocycles. The number of nitrogens with one attached hydrogen (secondary N) is 1. The Hall–Kier alpha value is -2.70. The van der Waals surface area contributed by atoms with Gasteiger partial charge in [0.25, 0.3) is 5.91 Å². The molecule has 122 valence electrons. The van der Waals surface area contributed by atoms with E-state index in [1.165, 1.54) is 0 Å². The number of rotatable bonds is 6. The van der Waals surface area contributed by atoms with Crippen molar-refractivity contribution in [3.05, 3.63) is 54.6 Å². The molecule has 0 bridgehead atoms. The first-order valence-electron chi connectivity index (χ1n) is 6.71. The highest BCUT2D eigenvalue weighted by Gasteiger charge is 2.27. The smallest absolute Gasteiger partial charge is 0.405 e. The Bertz CT molecular complexity index is 627. The number of carbonyl (C=O) groups excluding carboxylic acids is 1. The zero-order chi connectivity index (χ0) is 16.7. The fourth-order valence-electron chi connectivity index (χ4n) is 1.63. The van der Waals surface area contributed by atoms with Gasteiger partial charge in [-0.05, 0) is 36.4 Å². The van der Waals surface area contributed by atoms with Gasteiger partial charge in [-0.15, -0.1) is 0 Å². The lowest BCUT2D eigenvalue weighted by Gasteiger charge is -2.10. The van der Waals surface area contributed by atoms with Gasteiger partial charge in [-0.3, -0.25) is 4.79 Å². The van der Waals surface area contributed by atoms with Gasteiger partial charge in [-0.2, -0.15) is 13.2 Å². The number of hydrogen-bond donors (Lipinski definition) is 1. The zero-order valence-electron chi connectivity index (χ0n) is 12.0. The van der Waals surface area contributed by atoms with E-state index in [4.69, 9.17) is 9.47 Å². The van der Waals surface area contributed by atoms with Gasteiger partial charge < -0.3 is 14.8 Å². The summed E-state index contributed by atoms with van der Waals surface area (Å²) in [6.07, 6.45) is -4.44. The summed E-state index contributed by atoms with van der Waals surface area (Å²) >= 11 is 0. The van der Waals surface area contributed by atoms with Crippen LogP contribution in [0.1, 0.15) is 0 Å². The number of ether oxygens (including phenoxy) is 2. The molecule has 0 spiro atoms. The molecule has 7 heteroatoms. The molecule has 0 aliphatic heterocycles. The lowest BCUT2D eigenvalue weighted by atomic mass is 10.3. The molecular weight excluding hydrogens is 311 g/mol. The molecule has 1 N–H and O–H groups in total. The third-order valence-corrected chi connectivity index (χ3v) is 2.66. The monoisotopic (exact) mass is 325 g/mol. The summed E-state index contributed by atoms with van der Waals surface area (Å²) in [4.78, 5) is 11.2. The van der Waals surface area contributed by atoms with Crippen LogP contribution in [0.4, 0.5) is 13.2 Å². The Morgan fingerprint density at radius 2 is 1.48 bits per heavy atom. The Labute approximate surface area is 130 Å². The standard InChI is InChI=1S/C16H14F3NO3/c17-16(18,19)11-20-15(21)10-22-12-6-8-14(9-7-12)23-13-4-2-1-3-5-13/h1-9H,10-11H2,(H,20,21). The Morgan fingerprint density at radius 1 is 0.913 bits per heavy atom. The van der Waals surface area contributed by atoms with Crippen molar-refractivity contribution in [2.24, 2.45) is 0 Å². The highest BCUT2D eigenvalue weighted by Crippen LogP contribution is 2.23. The number of halogens is 3. The summed E-state index contributed by atoms with van der Waals surface area (Å²) in [5.74, 6) is 0.761. The summed E-state index contributed by atoms with van der Waals surface area (Å²) in [7, 11) is 0. The maximum atomic E-state index is 11.9. The molecule has 2 rings (SSSR count). The number of para-hydroxylation sites is 1. The van der Waals surface area contributed by atoms with E-state index in [2.05, 4.69) is 0 Å². The molecule has 0 saturated heterocycles. The predicted molar refractivity (Wildman–Crippen MR) is 77.5 cm³/mol. The van der Waals surface area contributed by atoms with Crippen LogP contribution in [0, 0.1) is 0 Å². The van der Waals surface area contributed by atoms with E-state index in [1.807, 2.05) is 18.2 Å². The first kappa shape index (κ1) is 16.7. The van der Waals surface area contributed by atoms with E-state index < -0.39 is 25.2 Å². The van der Waals surface area contributed by atoms with Gasteiger partial charge in [-0.25, -0.2) is 0 Å². The molecule has 0 unspecified atom stereocenters. The van der Waals surface area contributed by atoms with Crippen molar-refractivity contribution in [2.75, 3.05) is 13.2 Å². The quantitative estimate of drug-likeness (QED) is 0.884. The van der Waals surface area contributed by atoms with Crippen LogP contribution in [0.3, 0.4) is 0 Å². The van der Waals surface area contributed by atoms with Crippen molar-refractivity contribution >= 4 is 5.91 Å². The van der Waals surface area contributed by atoms with Crippen molar-refractivity contribution in [1.29, 1.82) is 0 Å². The topological polar surface area (TPSA) is 47.6 Å². The van der Waals surface area contributed by atoms with E-state index in [9.17, 15) is 18.0 Å². The summed E-state index contributed by atoms with van der Waals surface area (Å²) < 4.78 is 46.5. The number of hydrogen-bond acceptors (Lipinski definition) is 3. The molecule has 0 radical (unpaired) electrons. The zero-order valence-corrected chi connectivity index (χ0v) is 12.0. The summed E-state index contributed by atoms with van der Waals surface area (Å²) in [5.41, 5.74) is 0. The Morgan fingerprint density at radius 3 is 2.09 bits per heavy atom. The second-order valence-electron chi connectivity index (χ2n) is 4.57. The summed E-state index contributed by atoms with van der Waals surface area (Å²) in [5, 5.41) is 1.72. The first-order chi connectivity index (χ1) is 10.9. The van der Waals surface area contributed by atoms with Crippen LogP contribution >= 0.6 is 0 Å². The summed E-state index contributed by atoms with van der Waals surface area (Å²) in [6, 6.07) is 15.5. The van der Waals surface area contributed by atoms with Crippen molar-refractivity contribution in [3.63, 3.8) is 0 Å². The maximum Gasteiger partial charge on any atom is 0.405 e. The fraction of sp³-hybridized carbons (Fsp3) is 0.188. The van der Waals surface area contributed by atoms with Gasteiger partial charge in [0.05, 0.1) is 0 Å². The third kappa shape index (κ3) is 6.29. The van der Waals surface area contributed by atoms with Gasteiger partial charge in [0.15, 0.2) is 6.61 Å². The number of carbonyl (C=O) groups is 1. The minimum Gasteiger partial charge on any atom is -0.484 e. The van der Waals surface area contributed by atoms with Crippen LogP contribution in [0.15, 0.2) is 54.6 Å². The summed E-state index contributed by atoms with van der Waals surface area (Å²) in [6.45, 7) is -1.87. The average Bonchev–Trinajstić information content (AvgIpc) is 2.52. The molecule has 4 nitrogen and oxygen atoms in total. The molecule has 0 aromatic heterocycles. The Balaban J connectivity index is 1.80. The lowest BCUT2D eigenvalue weighted by molar-refractivity contribution is -0.139. The third-order valence-electron chi connectivity index (χ3n) is 2.66. The van der Waals surface area contributed by atoms with Gasteiger partial charge >= 0.3 is 6.18 Å². The molecule has 1 amide bonds.